The Labute approximate surface area is 123 Å². The lowest BCUT2D eigenvalue weighted by molar-refractivity contribution is 0.185. The number of hydrogen-bond donors (Lipinski definition) is 1. The number of rotatable bonds is 3. The van der Waals surface area contributed by atoms with Crippen LogP contribution in [0.1, 0.15) is 43.2 Å². The second-order valence-corrected chi connectivity index (χ2v) is 5.83. The van der Waals surface area contributed by atoms with Crippen LogP contribution in [-0.4, -0.2) is 24.5 Å². The third kappa shape index (κ3) is 3.24. The van der Waals surface area contributed by atoms with Gasteiger partial charge in [0.2, 0.25) is 0 Å². The van der Waals surface area contributed by atoms with Gasteiger partial charge in [-0.25, -0.2) is 0 Å². The van der Waals surface area contributed by atoms with Crippen molar-refractivity contribution in [2.45, 2.75) is 51.1 Å². The second kappa shape index (κ2) is 6.62. The molecule has 1 aromatic carbocycles. The van der Waals surface area contributed by atoms with Crippen LogP contribution in [0.2, 0.25) is 0 Å². The fourth-order valence-corrected chi connectivity index (χ4v) is 3.46. The van der Waals surface area contributed by atoms with Crippen LogP contribution in [0.3, 0.4) is 0 Å². The maximum atomic E-state index is 3.55. The topological polar surface area (TPSA) is 15.3 Å². The average molecular weight is 281 g/mol. The Hall–Kier alpha value is -0.730. The van der Waals surface area contributed by atoms with Crippen LogP contribution in [0, 0.1) is 0 Å². The molecular weight excluding hydrogens is 256 g/mol. The molecule has 1 fully saturated rings. The van der Waals surface area contributed by atoms with Crippen LogP contribution >= 0.6 is 12.4 Å². The number of anilines is 1. The normalized spacial score (nSPS) is 18.8. The first-order valence-corrected chi connectivity index (χ1v) is 7.39. The summed E-state index contributed by atoms with van der Waals surface area (Å²) in [6.07, 6.45) is 8.24. The molecule has 0 amide bonds. The first kappa shape index (κ1) is 14.7. The molecule has 106 valence electrons. The molecule has 0 spiro atoms. The molecule has 1 heterocycles. The molecule has 1 saturated carbocycles. The largest absolute Gasteiger partial charge is 0.384 e. The van der Waals surface area contributed by atoms with Crippen LogP contribution < -0.4 is 5.32 Å². The molecule has 2 nitrogen and oxygen atoms in total. The molecule has 3 heteroatoms. The highest BCUT2D eigenvalue weighted by Gasteiger charge is 2.20. The summed E-state index contributed by atoms with van der Waals surface area (Å²) in [5, 5.41) is 3.55. The quantitative estimate of drug-likeness (QED) is 0.905. The Balaban J connectivity index is 0.00000133. The number of hydrogen-bond acceptors (Lipinski definition) is 2. The fourth-order valence-electron chi connectivity index (χ4n) is 3.46. The average Bonchev–Trinajstić information content (AvgIpc) is 2.89. The summed E-state index contributed by atoms with van der Waals surface area (Å²) in [4.78, 5) is 2.56. The highest BCUT2D eigenvalue weighted by atomic mass is 35.5. The predicted molar refractivity (Wildman–Crippen MR) is 84.2 cm³/mol. The smallest absolute Gasteiger partial charge is 0.0419 e. The SMILES string of the molecule is CN(Cc1cccc2c1NCC2)C1CCCCC1.Cl. The first-order valence-electron chi connectivity index (χ1n) is 7.39. The van der Waals surface area contributed by atoms with Crippen molar-refractivity contribution in [2.24, 2.45) is 0 Å². The van der Waals surface area contributed by atoms with E-state index in [2.05, 4.69) is 35.5 Å². The molecule has 19 heavy (non-hydrogen) atoms. The standard InChI is InChI=1S/C16H24N2.ClH/c1-18(15-8-3-2-4-9-15)12-14-7-5-6-13-10-11-17-16(13)14;/h5-7,15,17H,2-4,8-12H2,1H3;1H. The number of benzene rings is 1. The molecule has 1 aromatic rings. The van der Waals surface area contributed by atoms with Gasteiger partial charge >= 0.3 is 0 Å². The van der Waals surface area contributed by atoms with E-state index < -0.39 is 0 Å². The van der Waals surface area contributed by atoms with Gasteiger partial charge in [0.15, 0.2) is 0 Å². The van der Waals surface area contributed by atoms with E-state index in [0.29, 0.717) is 0 Å². The number of halogens is 1. The van der Waals surface area contributed by atoms with Crippen molar-refractivity contribution in [1.29, 1.82) is 0 Å². The van der Waals surface area contributed by atoms with E-state index in [1.807, 2.05) is 0 Å². The number of nitrogens with zero attached hydrogens (tertiary/aromatic N) is 1. The first-order chi connectivity index (χ1) is 8.84. The minimum Gasteiger partial charge on any atom is -0.384 e. The van der Waals surface area contributed by atoms with Crippen LogP contribution in [0.25, 0.3) is 0 Å². The van der Waals surface area contributed by atoms with E-state index >= 15 is 0 Å². The van der Waals surface area contributed by atoms with Crippen LogP contribution in [0.5, 0.6) is 0 Å². The molecule has 0 radical (unpaired) electrons. The Morgan fingerprint density at radius 1 is 1.21 bits per heavy atom. The molecule has 0 aromatic heterocycles. The lowest BCUT2D eigenvalue weighted by Gasteiger charge is -2.31. The van der Waals surface area contributed by atoms with Crippen molar-refractivity contribution >= 4 is 18.1 Å². The summed E-state index contributed by atoms with van der Waals surface area (Å²) in [5.74, 6) is 0. The van der Waals surface area contributed by atoms with Crippen molar-refractivity contribution in [3.63, 3.8) is 0 Å². The molecule has 0 unspecified atom stereocenters. The Kier molecular flexibility index (Phi) is 5.12. The monoisotopic (exact) mass is 280 g/mol. The maximum absolute atomic E-state index is 3.55. The van der Waals surface area contributed by atoms with E-state index in [0.717, 1.165) is 19.1 Å². The second-order valence-electron chi connectivity index (χ2n) is 5.83. The van der Waals surface area contributed by atoms with Gasteiger partial charge in [0.1, 0.15) is 0 Å². The summed E-state index contributed by atoms with van der Waals surface area (Å²) < 4.78 is 0. The molecule has 0 atom stereocenters. The Morgan fingerprint density at radius 3 is 2.79 bits per heavy atom. The van der Waals surface area contributed by atoms with Gasteiger partial charge in [-0.1, -0.05) is 37.5 Å². The van der Waals surface area contributed by atoms with Crippen LogP contribution in [-0.2, 0) is 13.0 Å². The summed E-state index contributed by atoms with van der Waals surface area (Å²) in [7, 11) is 2.30. The summed E-state index contributed by atoms with van der Waals surface area (Å²) in [5.41, 5.74) is 4.41. The number of para-hydroxylation sites is 1. The predicted octanol–water partition coefficient (Wildman–Crippen LogP) is 3.84. The van der Waals surface area contributed by atoms with Gasteiger partial charge in [-0.2, -0.15) is 0 Å². The molecular formula is C16H25ClN2. The van der Waals surface area contributed by atoms with Gasteiger partial charge in [0.25, 0.3) is 0 Å². The van der Waals surface area contributed by atoms with Gasteiger partial charge in [-0.15, -0.1) is 12.4 Å². The molecule has 0 saturated heterocycles. The zero-order valence-corrected chi connectivity index (χ0v) is 12.6. The van der Waals surface area contributed by atoms with Gasteiger partial charge in [-0.3, -0.25) is 4.90 Å². The Morgan fingerprint density at radius 2 is 2.00 bits per heavy atom. The lowest BCUT2D eigenvalue weighted by Crippen LogP contribution is -2.33. The van der Waals surface area contributed by atoms with Crippen molar-refractivity contribution in [3.8, 4) is 0 Å². The number of fused-ring (bicyclic) bond motifs is 1. The van der Waals surface area contributed by atoms with Crippen LogP contribution in [0.4, 0.5) is 5.69 Å². The maximum Gasteiger partial charge on any atom is 0.0419 e. The van der Waals surface area contributed by atoms with Gasteiger partial charge in [0, 0.05) is 24.8 Å². The zero-order valence-electron chi connectivity index (χ0n) is 11.8. The minimum absolute atomic E-state index is 0. The molecule has 1 aliphatic heterocycles. The van der Waals surface area contributed by atoms with Crippen molar-refractivity contribution in [2.75, 3.05) is 18.9 Å². The van der Waals surface area contributed by atoms with Crippen LogP contribution in [0.15, 0.2) is 18.2 Å². The molecule has 1 N–H and O–H groups in total. The molecule has 1 aliphatic carbocycles. The molecule has 0 bridgehead atoms. The van der Waals surface area contributed by atoms with E-state index in [1.165, 1.54) is 55.3 Å². The van der Waals surface area contributed by atoms with E-state index in [9.17, 15) is 0 Å². The third-order valence-electron chi connectivity index (χ3n) is 4.55. The van der Waals surface area contributed by atoms with E-state index in [1.54, 1.807) is 0 Å². The van der Waals surface area contributed by atoms with Crippen molar-refractivity contribution < 1.29 is 0 Å². The summed E-state index contributed by atoms with van der Waals surface area (Å²) >= 11 is 0. The van der Waals surface area contributed by atoms with Crippen molar-refractivity contribution in [3.05, 3.63) is 29.3 Å². The Bertz CT molecular complexity index is 413. The fraction of sp³-hybridized carbons (Fsp3) is 0.625. The summed E-state index contributed by atoms with van der Waals surface area (Å²) in [6, 6.07) is 7.57. The van der Waals surface area contributed by atoms with Crippen molar-refractivity contribution in [1.82, 2.24) is 4.90 Å². The zero-order chi connectivity index (χ0) is 12.4. The van der Waals surface area contributed by atoms with E-state index in [4.69, 9.17) is 0 Å². The third-order valence-corrected chi connectivity index (χ3v) is 4.55. The number of nitrogens with one attached hydrogen (secondary N) is 1. The molecule has 2 aliphatic rings. The minimum atomic E-state index is 0. The summed E-state index contributed by atoms with van der Waals surface area (Å²) in [6.45, 7) is 2.21. The highest BCUT2D eigenvalue weighted by molar-refractivity contribution is 5.85. The van der Waals surface area contributed by atoms with Gasteiger partial charge < -0.3 is 5.32 Å². The highest BCUT2D eigenvalue weighted by Crippen LogP contribution is 2.29. The lowest BCUT2D eigenvalue weighted by atomic mass is 9.94. The van der Waals surface area contributed by atoms with Gasteiger partial charge in [0.05, 0.1) is 0 Å². The van der Waals surface area contributed by atoms with Gasteiger partial charge in [-0.05, 0) is 37.4 Å². The molecule has 3 rings (SSSR count). The van der Waals surface area contributed by atoms with E-state index in [-0.39, 0.29) is 12.4 Å².